The fourth-order valence-corrected chi connectivity index (χ4v) is 2.24. The van der Waals surface area contributed by atoms with Crippen molar-refractivity contribution < 1.29 is 13.9 Å². The first-order chi connectivity index (χ1) is 9.31. The lowest BCUT2D eigenvalue weighted by Gasteiger charge is -2.07. The number of hydrogen-bond acceptors (Lipinski definition) is 2. The molecule has 2 nitrogen and oxygen atoms in total. The summed E-state index contributed by atoms with van der Waals surface area (Å²) in [4.78, 5) is 0. The highest BCUT2D eigenvalue weighted by Gasteiger charge is 2.11. The van der Waals surface area contributed by atoms with Gasteiger partial charge >= 0.3 is 0 Å². The largest absolute Gasteiger partial charge is 0.493 e. The molecular weight excluding hydrogens is 243 g/mol. The minimum absolute atomic E-state index is 0.271. The molecule has 1 aliphatic rings. The Kier molecular flexibility index (Phi) is 3.36. The highest BCUT2D eigenvalue weighted by atomic mass is 19.1. The molecule has 0 fully saturated rings. The van der Waals surface area contributed by atoms with Crippen molar-refractivity contribution in [2.24, 2.45) is 0 Å². The van der Waals surface area contributed by atoms with Gasteiger partial charge < -0.3 is 9.47 Å². The molecule has 2 aromatic rings. The Bertz CT molecular complexity index is 581. The molecule has 0 aliphatic carbocycles. The van der Waals surface area contributed by atoms with Gasteiger partial charge in [-0.1, -0.05) is 18.2 Å². The summed E-state index contributed by atoms with van der Waals surface area (Å²) in [6, 6.07) is 12.5. The van der Waals surface area contributed by atoms with Crippen LogP contribution in [0.5, 0.6) is 11.5 Å². The van der Waals surface area contributed by atoms with E-state index >= 15 is 0 Å². The standard InChI is InChI=1S/C16H15FO2/c17-14-2-1-3-15(11-14)18-8-6-12-4-5-16-13(10-12)7-9-19-16/h1-5,10-11H,6-9H2. The predicted molar refractivity (Wildman–Crippen MR) is 71.2 cm³/mol. The van der Waals surface area contributed by atoms with Crippen LogP contribution in [0.2, 0.25) is 0 Å². The van der Waals surface area contributed by atoms with Crippen LogP contribution in [-0.4, -0.2) is 13.2 Å². The Morgan fingerprint density at radius 3 is 3.00 bits per heavy atom. The van der Waals surface area contributed by atoms with E-state index in [-0.39, 0.29) is 5.82 Å². The maximum atomic E-state index is 13.0. The van der Waals surface area contributed by atoms with Crippen molar-refractivity contribution in [2.75, 3.05) is 13.2 Å². The number of ether oxygens (including phenoxy) is 2. The SMILES string of the molecule is Fc1cccc(OCCc2ccc3c(c2)CCO3)c1. The van der Waals surface area contributed by atoms with Gasteiger partial charge in [0, 0.05) is 18.9 Å². The zero-order chi connectivity index (χ0) is 13.1. The number of hydrogen-bond donors (Lipinski definition) is 0. The van der Waals surface area contributed by atoms with E-state index < -0.39 is 0 Å². The van der Waals surface area contributed by atoms with Gasteiger partial charge in [0.25, 0.3) is 0 Å². The molecule has 3 heteroatoms. The molecule has 0 N–H and O–H groups in total. The van der Waals surface area contributed by atoms with Crippen LogP contribution in [0.4, 0.5) is 4.39 Å². The summed E-state index contributed by atoms with van der Waals surface area (Å²) in [6.07, 6.45) is 1.79. The van der Waals surface area contributed by atoms with Gasteiger partial charge in [0.05, 0.1) is 13.2 Å². The lowest BCUT2D eigenvalue weighted by molar-refractivity contribution is 0.320. The van der Waals surface area contributed by atoms with Gasteiger partial charge in [-0.15, -0.1) is 0 Å². The molecule has 0 saturated heterocycles. The second-order valence-electron chi connectivity index (χ2n) is 4.60. The van der Waals surface area contributed by atoms with Crippen molar-refractivity contribution in [3.05, 3.63) is 59.4 Å². The quantitative estimate of drug-likeness (QED) is 0.837. The summed E-state index contributed by atoms with van der Waals surface area (Å²) in [5.74, 6) is 1.30. The van der Waals surface area contributed by atoms with Crippen LogP contribution in [0.1, 0.15) is 11.1 Å². The number of benzene rings is 2. The molecule has 2 aromatic carbocycles. The van der Waals surface area contributed by atoms with E-state index in [9.17, 15) is 4.39 Å². The fraction of sp³-hybridized carbons (Fsp3) is 0.250. The molecule has 1 heterocycles. The molecule has 98 valence electrons. The normalized spacial score (nSPS) is 12.9. The average Bonchev–Trinajstić information content (AvgIpc) is 2.86. The van der Waals surface area contributed by atoms with Crippen LogP contribution in [0.3, 0.4) is 0 Å². The van der Waals surface area contributed by atoms with Crippen molar-refractivity contribution in [2.45, 2.75) is 12.8 Å². The molecular formula is C16H15FO2. The van der Waals surface area contributed by atoms with Crippen LogP contribution < -0.4 is 9.47 Å². The smallest absolute Gasteiger partial charge is 0.126 e. The lowest BCUT2D eigenvalue weighted by Crippen LogP contribution is -2.01. The Hall–Kier alpha value is -2.03. The maximum absolute atomic E-state index is 13.0. The van der Waals surface area contributed by atoms with Gasteiger partial charge in [-0.05, 0) is 29.3 Å². The molecule has 0 unspecified atom stereocenters. The predicted octanol–water partition coefficient (Wildman–Crippen LogP) is 3.38. The molecule has 0 amide bonds. The average molecular weight is 258 g/mol. The second kappa shape index (κ2) is 5.31. The minimum Gasteiger partial charge on any atom is -0.493 e. The molecule has 0 saturated carbocycles. The first-order valence-electron chi connectivity index (χ1n) is 6.44. The van der Waals surface area contributed by atoms with Crippen LogP contribution in [0, 0.1) is 5.82 Å². The van der Waals surface area contributed by atoms with E-state index in [4.69, 9.17) is 9.47 Å². The summed E-state index contributed by atoms with van der Waals surface area (Å²) in [5, 5.41) is 0. The Balaban J connectivity index is 1.58. The van der Waals surface area contributed by atoms with Crippen LogP contribution in [0.25, 0.3) is 0 Å². The topological polar surface area (TPSA) is 18.5 Å². The van der Waals surface area contributed by atoms with Gasteiger partial charge in [0.15, 0.2) is 0 Å². The molecule has 19 heavy (non-hydrogen) atoms. The van der Waals surface area contributed by atoms with E-state index in [1.54, 1.807) is 12.1 Å². The van der Waals surface area contributed by atoms with Gasteiger partial charge in [-0.2, -0.15) is 0 Å². The molecule has 0 spiro atoms. The van der Waals surface area contributed by atoms with Gasteiger partial charge in [0.1, 0.15) is 17.3 Å². The number of fused-ring (bicyclic) bond motifs is 1. The first-order valence-corrected chi connectivity index (χ1v) is 6.44. The van der Waals surface area contributed by atoms with E-state index in [0.717, 1.165) is 25.2 Å². The minimum atomic E-state index is -0.271. The molecule has 0 atom stereocenters. The van der Waals surface area contributed by atoms with E-state index in [0.29, 0.717) is 12.4 Å². The molecule has 0 aromatic heterocycles. The van der Waals surface area contributed by atoms with Crippen LogP contribution in [0.15, 0.2) is 42.5 Å². The summed E-state index contributed by atoms with van der Waals surface area (Å²) >= 11 is 0. The van der Waals surface area contributed by atoms with E-state index in [1.165, 1.54) is 23.3 Å². The Morgan fingerprint density at radius 1 is 1.16 bits per heavy atom. The van der Waals surface area contributed by atoms with Crippen molar-refractivity contribution in [3.8, 4) is 11.5 Å². The van der Waals surface area contributed by atoms with Crippen molar-refractivity contribution in [3.63, 3.8) is 0 Å². The third-order valence-electron chi connectivity index (χ3n) is 3.21. The first kappa shape index (κ1) is 12.0. The third-order valence-corrected chi connectivity index (χ3v) is 3.21. The van der Waals surface area contributed by atoms with Crippen molar-refractivity contribution >= 4 is 0 Å². The van der Waals surface area contributed by atoms with E-state index in [2.05, 4.69) is 12.1 Å². The zero-order valence-electron chi connectivity index (χ0n) is 10.6. The third kappa shape index (κ3) is 2.87. The fourth-order valence-electron chi connectivity index (χ4n) is 2.24. The van der Waals surface area contributed by atoms with Gasteiger partial charge in [0.2, 0.25) is 0 Å². The number of halogens is 1. The molecule has 3 rings (SSSR count). The second-order valence-corrected chi connectivity index (χ2v) is 4.60. The Labute approximate surface area is 111 Å². The molecule has 0 bridgehead atoms. The van der Waals surface area contributed by atoms with Crippen molar-refractivity contribution in [1.29, 1.82) is 0 Å². The maximum Gasteiger partial charge on any atom is 0.126 e. The monoisotopic (exact) mass is 258 g/mol. The highest BCUT2D eigenvalue weighted by Crippen LogP contribution is 2.26. The summed E-state index contributed by atoms with van der Waals surface area (Å²) in [7, 11) is 0. The van der Waals surface area contributed by atoms with Gasteiger partial charge in [-0.25, -0.2) is 4.39 Å². The Morgan fingerprint density at radius 2 is 2.11 bits per heavy atom. The highest BCUT2D eigenvalue weighted by molar-refractivity contribution is 5.39. The van der Waals surface area contributed by atoms with Crippen LogP contribution >= 0.6 is 0 Å². The van der Waals surface area contributed by atoms with Gasteiger partial charge in [-0.3, -0.25) is 0 Å². The zero-order valence-corrected chi connectivity index (χ0v) is 10.6. The molecule has 1 aliphatic heterocycles. The molecule has 0 radical (unpaired) electrons. The lowest BCUT2D eigenvalue weighted by atomic mass is 10.1. The number of rotatable bonds is 4. The summed E-state index contributed by atoms with van der Waals surface area (Å²) < 4.78 is 24.0. The van der Waals surface area contributed by atoms with E-state index in [1.807, 2.05) is 6.07 Å². The van der Waals surface area contributed by atoms with Crippen LogP contribution in [-0.2, 0) is 12.8 Å². The van der Waals surface area contributed by atoms with Crippen molar-refractivity contribution in [1.82, 2.24) is 0 Å². The summed E-state index contributed by atoms with van der Waals surface area (Å²) in [6.45, 7) is 1.32. The summed E-state index contributed by atoms with van der Waals surface area (Å²) in [5.41, 5.74) is 2.49.